The van der Waals surface area contributed by atoms with Gasteiger partial charge in [-0.2, -0.15) is 0 Å². The van der Waals surface area contributed by atoms with Crippen molar-refractivity contribution in [2.45, 2.75) is 105 Å². The van der Waals surface area contributed by atoms with Gasteiger partial charge in [0.05, 0.1) is 0 Å². The van der Waals surface area contributed by atoms with E-state index in [4.69, 9.17) is 17.0 Å². The van der Waals surface area contributed by atoms with Gasteiger partial charge >= 0.3 is 37.9 Å². The van der Waals surface area contributed by atoms with Crippen LogP contribution in [0.15, 0.2) is 0 Å². The molecular formula is C22H48Cl2Zr. The minimum absolute atomic E-state index is 0. The van der Waals surface area contributed by atoms with Gasteiger partial charge in [0.15, 0.2) is 0 Å². The summed E-state index contributed by atoms with van der Waals surface area (Å²) in [4.78, 5) is 0. The SMILES string of the molecule is CCCCC1CCC(C)C1.CCCCC1CCC(C)C1.[CH3-].[CH3-].[Cl][Zr+2][Cl].[HH]. The van der Waals surface area contributed by atoms with E-state index in [1.165, 1.54) is 77.0 Å². The first-order valence-corrected chi connectivity index (χ1v) is 16.4. The van der Waals surface area contributed by atoms with E-state index in [-0.39, 0.29) is 16.3 Å². The van der Waals surface area contributed by atoms with Crippen LogP contribution in [-0.4, -0.2) is 0 Å². The Morgan fingerprint density at radius 3 is 1.28 bits per heavy atom. The molecule has 0 aromatic heterocycles. The summed E-state index contributed by atoms with van der Waals surface area (Å²) in [6.07, 6.45) is 17.7. The molecule has 0 nitrogen and oxygen atoms in total. The second kappa shape index (κ2) is 21.8. The van der Waals surface area contributed by atoms with Gasteiger partial charge in [-0.05, 0) is 36.5 Å². The predicted molar refractivity (Wildman–Crippen MR) is 119 cm³/mol. The molecule has 0 amide bonds. The number of halogens is 2. The maximum atomic E-state index is 4.93. The third kappa shape index (κ3) is 18.6. The Morgan fingerprint density at radius 1 is 0.760 bits per heavy atom. The predicted octanol–water partition coefficient (Wildman–Crippen LogP) is 9.75. The zero-order chi connectivity index (χ0) is 17.5. The number of hydrogen-bond acceptors (Lipinski definition) is 0. The molecule has 0 spiro atoms. The van der Waals surface area contributed by atoms with Crippen molar-refractivity contribution in [3.8, 4) is 0 Å². The van der Waals surface area contributed by atoms with Gasteiger partial charge in [0.1, 0.15) is 0 Å². The Morgan fingerprint density at radius 2 is 1.08 bits per heavy atom. The summed E-state index contributed by atoms with van der Waals surface area (Å²) >= 11 is -0.826. The molecule has 154 valence electrons. The first-order chi connectivity index (χ1) is 11.1. The van der Waals surface area contributed by atoms with Crippen LogP contribution in [0.3, 0.4) is 0 Å². The van der Waals surface area contributed by atoms with Crippen molar-refractivity contribution in [3.63, 3.8) is 0 Å². The molecule has 0 aromatic carbocycles. The molecule has 2 saturated carbocycles. The van der Waals surface area contributed by atoms with Crippen molar-refractivity contribution in [2.75, 3.05) is 0 Å². The fraction of sp³-hybridized carbons (Fsp3) is 0.909. The van der Waals surface area contributed by atoms with Crippen LogP contribution < -0.4 is 0 Å². The summed E-state index contributed by atoms with van der Waals surface area (Å²) in [5, 5.41) is 0. The Labute approximate surface area is 181 Å². The fourth-order valence-electron chi connectivity index (χ4n) is 4.16. The minimum atomic E-state index is -0.826. The van der Waals surface area contributed by atoms with E-state index < -0.39 is 20.8 Å². The first-order valence-electron chi connectivity index (χ1n) is 10.0. The van der Waals surface area contributed by atoms with Gasteiger partial charge in [0.2, 0.25) is 0 Å². The molecule has 2 rings (SSSR count). The molecule has 0 heterocycles. The van der Waals surface area contributed by atoms with Gasteiger partial charge in [0, 0.05) is 1.43 Å². The minimum Gasteiger partial charge on any atom is 0 e. The summed E-state index contributed by atoms with van der Waals surface area (Å²) in [6, 6.07) is 0. The smallest absolute Gasteiger partial charge is 0 e. The Hall–Kier alpha value is 1.46. The maximum Gasteiger partial charge on any atom is 0 e. The third-order valence-electron chi connectivity index (χ3n) is 5.54. The van der Waals surface area contributed by atoms with E-state index in [9.17, 15) is 0 Å². The van der Waals surface area contributed by atoms with Crippen molar-refractivity contribution in [2.24, 2.45) is 23.7 Å². The second-order valence-corrected chi connectivity index (χ2v) is 11.7. The van der Waals surface area contributed by atoms with E-state index >= 15 is 0 Å². The summed E-state index contributed by atoms with van der Waals surface area (Å²) < 4.78 is 0. The first kappa shape index (κ1) is 31.2. The molecule has 4 unspecified atom stereocenters. The molecule has 0 saturated heterocycles. The van der Waals surface area contributed by atoms with Gasteiger partial charge in [-0.3, -0.25) is 0 Å². The molecule has 2 fully saturated rings. The van der Waals surface area contributed by atoms with Crippen LogP contribution in [0.1, 0.15) is 106 Å². The molecule has 3 heteroatoms. The molecule has 2 aliphatic carbocycles. The van der Waals surface area contributed by atoms with Gasteiger partial charge in [-0.25, -0.2) is 0 Å². The monoisotopic (exact) mass is 472 g/mol. The van der Waals surface area contributed by atoms with Crippen LogP contribution in [0.25, 0.3) is 0 Å². The van der Waals surface area contributed by atoms with Gasteiger partial charge in [-0.1, -0.05) is 91.9 Å². The van der Waals surface area contributed by atoms with Crippen LogP contribution >= 0.6 is 17.0 Å². The van der Waals surface area contributed by atoms with E-state index in [1.54, 1.807) is 0 Å². The van der Waals surface area contributed by atoms with Gasteiger partial charge in [-0.15, -0.1) is 0 Å². The van der Waals surface area contributed by atoms with Crippen molar-refractivity contribution in [1.29, 1.82) is 0 Å². The number of hydrogen-bond donors (Lipinski definition) is 0. The van der Waals surface area contributed by atoms with E-state index in [1.807, 2.05) is 0 Å². The molecule has 25 heavy (non-hydrogen) atoms. The molecule has 0 aliphatic heterocycles. The van der Waals surface area contributed by atoms with Crippen LogP contribution in [0, 0.1) is 38.5 Å². The average Bonchev–Trinajstić information content (AvgIpc) is 3.13. The Kier molecular flexibility index (Phi) is 27.1. The van der Waals surface area contributed by atoms with Gasteiger partial charge in [0.25, 0.3) is 0 Å². The van der Waals surface area contributed by atoms with E-state index in [2.05, 4.69) is 27.7 Å². The van der Waals surface area contributed by atoms with Crippen molar-refractivity contribution in [1.82, 2.24) is 0 Å². The molecule has 4 atom stereocenters. The summed E-state index contributed by atoms with van der Waals surface area (Å²) in [7, 11) is 9.87. The molecule has 0 radical (unpaired) electrons. The normalized spacial score (nSPS) is 26.8. The van der Waals surface area contributed by atoms with E-state index in [0.29, 0.717) is 0 Å². The number of unbranched alkanes of at least 4 members (excludes halogenated alkanes) is 2. The maximum absolute atomic E-state index is 4.93. The molecular weight excluding hydrogens is 426 g/mol. The Balaban J connectivity index is -0.000000147. The zero-order valence-corrected chi connectivity index (χ0v) is 22.0. The summed E-state index contributed by atoms with van der Waals surface area (Å²) in [5.41, 5.74) is 0. The number of rotatable bonds is 6. The largest absolute Gasteiger partial charge is 0 e. The second-order valence-electron chi connectivity index (χ2n) is 7.92. The van der Waals surface area contributed by atoms with Crippen molar-refractivity contribution in [3.05, 3.63) is 14.9 Å². The third-order valence-corrected chi connectivity index (χ3v) is 5.54. The molecule has 0 bridgehead atoms. The van der Waals surface area contributed by atoms with Crippen LogP contribution in [0.4, 0.5) is 0 Å². The molecule has 0 aromatic rings. The quantitative estimate of drug-likeness (QED) is 0.336. The molecule has 2 aliphatic rings. The average molecular weight is 475 g/mol. The molecule has 0 N–H and O–H groups in total. The van der Waals surface area contributed by atoms with Crippen LogP contribution in [0.2, 0.25) is 0 Å². The standard InChI is InChI=1S/2C10H20.2CH3.2ClH.Zr.H2/c2*1-3-4-5-10-7-6-9(2)8-10;;;;;;/h2*9-10H,3-8H2,1-2H3;2*1H3;2*1H;;1H/q;;2*-1;;;+4;/p-2. The van der Waals surface area contributed by atoms with Crippen molar-refractivity contribution < 1.29 is 22.3 Å². The summed E-state index contributed by atoms with van der Waals surface area (Å²) in [6.45, 7) is 9.37. The zero-order valence-electron chi connectivity index (χ0n) is 18.1. The van der Waals surface area contributed by atoms with Crippen LogP contribution in [0.5, 0.6) is 0 Å². The van der Waals surface area contributed by atoms with Gasteiger partial charge < -0.3 is 14.9 Å². The summed E-state index contributed by atoms with van der Waals surface area (Å²) in [5.74, 6) is 4.24. The van der Waals surface area contributed by atoms with E-state index in [0.717, 1.165) is 23.7 Å². The fourth-order valence-corrected chi connectivity index (χ4v) is 4.16. The Bertz CT molecular complexity index is 230. The topological polar surface area (TPSA) is 0 Å². The van der Waals surface area contributed by atoms with Crippen LogP contribution in [-0.2, 0) is 20.8 Å². The van der Waals surface area contributed by atoms with Crippen molar-refractivity contribution >= 4 is 17.0 Å².